The quantitative estimate of drug-likeness (QED) is 0.113. The van der Waals surface area contributed by atoms with Crippen LogP contribution in [-0.2, 0) is 0 Å². The first kappa shape index (κ1) is 43.3. The number of anilines is 6. The third-order valence-corrected chi connectivity index (χ3v) is 12.5. The van der Waals surface area contributed by atoms with Crippen molar-refractivity contribution in [2.24, 2.45) is 0 Å². The summed E-state index contributed by atoms with van der Waals surface area (Å²) in [5, 5.41) is 0. The number of hydrogen-bond donors (Lipinski definition) is 0. The van der Waals surface area contributed by atoms with Gasteiger partial charge in [0.1, 0.15) is 0 Å². The summed E-state index contributed by atoms with van der Waals surface area (Å²) in [6.45, 7) is 13.0. The summed E-state index contributed by atoms with van der Waals surface area (Å²) in [7, 11) is 0. The maximum atomic E-state index is 2.36. The molecule has 9 rings (SSSR count). The first-order chi connectivity index (χ1) is 32.1. The standard InChI is InChI=1S/C64H56N2/c1-45-11-15-51(16-12-45)17-18-52-20-33-59(34-21-52)65(63-41-13-46(2)43-49(63)5)61-37-29-57(30-38-61)55-25-27-56(28-26-55)58-31-39-62(40-32-58)66(64-42-14-47(3)44-50(64)6)60-35-22-53(23-36-60)19-24-54-10-8-7-9-48(54)4/h7-44H,1-6H3/b18-17+,24-19+. The van der Waals surface area contributed by atoms with Gasteiger partial charge in [-0.1, -0.05) is 187 Å². The molecule has 66 heavy (non-hydrogen) atoms. The van der Waals surface area contributed by atoms with Crippen molar-refractivity contribution in [2.45, 2.75) is 41.5 Å². The van der Waals surface area contributed by atoms with Crippen molar-refractivity contribution in [3.63, 3.8) is 0 Å². The number of hydrogen-bond acceptors (Lipinski definition) is 2. The molecule has 0 unspecified atom stereocenters. The van der Waals surface area contributed by atoms with Crippen LogP contribution in [0.2, 0.25) is 0 Å². The minimum atomic E-state index is 1.12. The number of benzene rings is 9. The lowest BCUT2D eigenvalue weighted by Crippen LogP contribution is -2.11. The first-order valence-corrected chi connectivity index (χ1v) is 22.9. The van der Waals surface area contributed by atoms with E-state index in [0.717, 1.165) is 28.3 Å². The highest BCUT2D eigenvalue weighted by Crippen LogP contribution is 2.40. The summed E-state index contributed by atoms with van der Waals surface area (Å²) in [5.74, 6) is 0. The van der Waals surface area contributed by atoms with E-state index in [1.165, 1.54) is 83.7 Å². The highest BCUT2D eigenvalue weighted by Gasteiger charge is 2.17. The molecule has 322 valence electrons. The van der Waals surface area contributed by atoms with Crippen LogP contribution in [0.5, 0.6) is 0 Å². The Morgan fingerprint density at radius 3 is 0.970 bits per heavy atom. The van der Waals surface area contributed by atoms with E-state index in [-0.39, 0.29) is 0 Å². The molecule has 0 saturated heterocycles. The molecular weight excluding hydrogens is 797 g/mol. The fourth-order valence-corrected chi connectivity index (χ4v) is 8.73. The molecule has 0 heterocycles. The minimum absolute atomic E-state index is 1.12. The summed E-state index contributed by atoms with van der Waals surface area (Å²) in [6.07, 6.45) is 8.74. The third kappa shape index (κ3) is 9.89. The Kier molecular flexibility index (Phi) is 12.8. The van der Waals surface area contributed by atoms with E-state index in [0.29, 0.717) is 0 Å². The van der Waals surface area contributed by atoms with Crippen LogP contribution in [0.15, 0.2) is 206 Å². The van der Waals surface area contributed by atoms with Crippen molar-refractivity contribution in [3.8, 4) is 22.3 Å². The fraction of sp³-hybridized carbons (Fsp3) is 0.0938. The number of nitrogens with zero attached hydrogens (tertiary/aromatic N) is 2. The van der Waals surface area contributed by atoms with Crippen molar-refractivity contribution in [1.29, 1.82) is 0 Å². The van der Waals surface area contributed by atoms with Gasteiger partial charge in [0.25, 0.3) is 0 Å². The lowest BCUT2D eigenvalue weighted by atomic mass is 9.99. The summed E-state index contributed by atoms with van der Waals surface area (Å²) >= 11 is 0. The average molecular weight is 853 g/mol. The van der Waals surface area contributed by atoms with Gasteiger partial charge in [-0.2, -0.15) is 0 Å². The van der Waals surface area contributed by atoms with Crippen LogP contribution in [0, 0.1) is 41.5 Å². The summed E-state index contributed by atoms with van der Waals surface area (Å²) in [6, 6.07) is 75.1. The molecule has 9 aromatic rings. The smallest absolute Gasteiger partial charge is 0.0490 e. The zero-order valence-corrected chi connectivity index (χ0v) is 38.8. The maximum absolute atomic E-state index is 2.36. The molecule has 0 N–H and O–H groups in total. The van der Waals surface area contributed by atoms with E-state index in [2.05, 4.69) is 282 Å². The highest BCUT2D eigenvalue weighted by atomic mass is 15.1. The molecule has 0 aliphatic heterocycles. The second-order valence-corrected chi connectivity index (χ2v) is 17.5. The van der Waals surface area contributed by atoms with Gasteiger partial charge in [-0.15, -0.1) is 0 Å². The van der Waals surface area contributed by atoms with Crippen molar-refractivity contribution < 1.29 is 0 Å². The molecule has 0 radical (unpaired) electrons. The molecule has 0 bridgehead atoms. The Balaban J connectivity index is 0.943. The predicted molar refractivity (Wildman–Crippen MR) is 286 cm³/mol. The zero-order chi connectivity index (χ0) is 45.6. The van der Waals surface area contributed by atoms with Crippen molar-refractivity contribution in [3.05, 3.63) is 262 Å². The molecule has 0 fully saturated rings. The van der Waals surface area contributed by atoms with E-state index in [4.69, 9.17) is 0 Å². The van der Waals surface area contributed by atoms with E-state index in [1.54, 1.807) is 0 Å². The molecule has 0 aliphatic rings. The predicted octanol–water partition coefficient (Wildman–Crippen LogP) is 18.2. The van der Waals surface area contributed by atoms with Gasteiger partial charge in [0, 0.05) is 34.1 Å². The monoisotopic (exact) mass is 852 g/mol. The molecule has 0 aliphatic carbocycles. The normalized spacial score (nSPS) is 11.4. The number of aryl methyl sites for hydroxylation is 6. The van der Waals surface area contributed by atoms with Crippen LogP contribution in [-0.4, -0.2) is 0 Å². The molecule has 2 heteroatoms. The fourth-order valence-electron chi connectivity index (χ4n) is 8.73. The van der Waals surface area contributed by atoms with Crippen molar-refractivity contribution in [1.82, 2.24) is 0 Å². The van der Waals surface area contributed by atoms with Gasteiger partial charge in [-0.3, -0.25) is 0 Å². The molecule has 2 nitrogen and oxygen atoms in total. The van der Waals surface area contributed by atoms with Gasteiger partial charge < -0.3 is 9.80 Å². The van der Waals surface area contributed by atoms with Gasteiger partial charge in [-0.25, -0.2) is 0 Å². The van der Waals surface area contributed by atoms with Gasteiger partial charge in [0.2, 0.25) is 0 Å². The molecule has 0 atom stereocenters. The number of rotatable bonds is 12. The van der Waals surface area contributed by atoms with Crippen LogP contribution in [0.25, 0.3) is 46.6 Å². The van der Waals surface area contributed by atoms with E-state index in [1.807, 2.05) is 0 Å². The van der Waals surface area contributed by atoms with Crippen molar-refractivity contribution in [2.75, 3.05) is 9.80 Å². The second-order valence-electron chi connectivity index (χ2n) is 17.5. The SMILES string of the molecule is Cc1ccc(/C=C/c2ccc(N(c3ccc(-c4ccc(-c5ccc(N(c6ccc(/C=C/c7ccccc7C)cc6)c6ccc(C)cc6C)cc5)cc4)cc3)c3ccc(C)cc3C)cc2)cc1. The Morgan fingerprint density at radius 1 is 0.273 bits per heavy atom. The highest BCUT2D eigenvalue weighted by molar-refractivity contribution is 5.83. The molecule has 0 spiro atoms. The zero-order valence-electron chi connectivity index (χ0n) is 38.8. The van der Waals surface area contributed by atoms with Gasteiger partial charge >= 0.3 is 0 Å². The maximum Gasteiger partial charge on any atom is 0.0490 e. The van der Waals surface area contributed by atoms with Gasteiger partial charge in [0.05, 0.1) is 0 Å². The molecule has 0 aromatic heterocycles. The minimum Gasteiger partial charge on any atom is -0.310 e. The van der Waals surface area contributed by atoms with Crippen molar-refractivity contribution >= 4 is 58.4 Å². The Hall–Kier alpha value is -7.94. The Labute approximate surface area is 392 Å². The molecular formula is C64H56N2. The van der Waals surface area contributed by atoms with Crippen LogP contribution in [0.3, 0.4) is 0 Å². The van der Waals surface area contributed by atoms with Crippen LogP contribution < -0.4 is 9.80 Å². The largest absolute Gasteiger partial charge is 0.310 e. The topological polar surface area (TPSA) is 6.48 Å². The second kappa shape index (κ2) is 19.4. The summed E-state index contributed by atoms with van der Waals surface area (Å²) in [5.41, 5.74) is 23.8. The van der Waals surface area contributed by atoms with E-state index < -0.39 is 0 Å². The lowest BCUT2D eigenvalue weighted by molar-refractivity contribution is 1.24. The summed E-state index contributed by atoms with van der Waals surface area (Å²) in [4.78, 5) is 4.72. The Morgan fingerprint density at radius 2 is 0.591 bits per heavy atom. The van der Waals surface area contributed by atoms with Crippen LogP contribution in [0.4, 0.5) is 34.1 Å². The molecule has 0 saturated carbocycles. The van der Waals surface area contributed by atoms with E-state index in [9.17, 15) is 0 Å². The lowest BCUT2D eigenvalue weighted by Gasteiger charge is -2.27. The van der Waals surface area contributed by atoms with Crippen LogP contribution in [0.1, 0.15) is 55.6 Å². The first-order valence-electron chi connectivity index (χ1n) is 22.9. The van der Waals surface area contributed by atoms with Gasteiger partial charge in [0.15, 0.2) is 0 Å². The average Bonchev–Trinajstić information content (AvgIpc) is 3.34. The van der Waals surface area contributed by atoms with E-state index >= 15 is 0 Å². The molecule has 0 amide bonds. The third-order valence-electron chi connectivity index (χ3n) is 12.5. The summed E-state index contributed by atoms with van der Waals surface area (Å²) < 4.78 is 0. The van der Waals surface area contributed by atoms with Gasteiger partial charge in [-0.05, 0) is 163 Å². The van der Waals surface area contributed by atoms with Crippen LogP contribution >= 0.6 is 0 Å². The molecule has 9 aromatic carbocycles. The Bertz CT molecular complexity index is 3140.